The summed E-state index contributed by atoms with van der Waals surface area (Å²) in [5, 5.41) is 12.6. The van der Waals surface area contributed by atoms with Gasteiger partial charge in [-0.15, -0.1) is 0 Å². The van der Waals surface area contributed by atoms with E-state index in [9.17, 15) is 9.90 Å². The number of nitrogens with zero attached hydrogens (tertiary/aromatic N) is 1. The fraction of sp³-hybridized carbons (Fsp3) is 0.278. The van der Waals surface area contributed by atoms with Crippen LogP contribution in [0.5, 0.6) is 0 Å². The monoisotopic (exact) mass is 311 g/mol. The molecule has 0 bridgehead atoms. The average molecular weight is 311 g/mol. The van der Waals surface area contributed by atoms with E-state index < -0.39 is 0 Å². The molecule has 1 unspecified atom stereocenters. The molecule has 23 heavy (non-hydrogen) atoms. The highest BCUT2D eigenvalue weighted by Gasteiger charge is 2.08. The first-order valence-corrected chi connectivity index (χ1v) is 7.79. The molecule has 0 aliphatic rings. The Balaban J connectivity index is 1.66. The molecule has 0 spiro atoms. The summed E-state index contributed by atoms with van der Waals surface area (Å²) in [5.74, 6) is 0. The van der Waals surface area contributed by atoms with Crippen molar-refractivity contribution < 1.29 is 5.11 Å². The van der Waals surface area contributed by atoms with E-state index in [1.165, 1.54) is 0 Å². The van der Waals surface area contributed by atoms with Gasteiger partial charge in [-0.05, 0) is 30.2 Å². The summed E-state index contributed by atoms with van der Waals surface area (Å²) in [6.07, 6.45) is 0. The number of rotatable bonds is 6. The van der Waals surface area contributed by atoms with Gasteiger partial charge < -0.3 is 15.4 Å². The number of aliphatic hydroxyl groups is 1. The van der Waals surface area contributed by atoms with Crippen molar-refractivity contribution in [1.29, 1.82) is 0 Å². The highest BCUT2D eigenvalue weighted by molar-refractivity contribution is 5.74. The van der Waals surface area contributed by atoms with Crippen molar-refractivity contribution in [3.05, 3.63) is 70.1 Å². The zero-order chi connectivity index (χ0) is 16.2. The van der Waals surface area contributed by atoms with Crippen LogP contribution >= 0.6 is 0 Å². The molecule has 1 atom stereocenters. The van der Waals surface area contributed by atoms with Crippen LogP contribution in [-0.4, -0.2) is 21.2 Å². The van der Waals surface area contributed by atoms with Crippen molar-refractivity contribution in [3.63, 3.8) is 0 Å². The lowest BCUT2D eigenvalue weighted by Crippen LogP contribution is -2.27. The van der Waals surface area contributed by atoms with Gasteiger partial charge in [-0.1, -0.05) is 36.4 Å². The maximum Gasteiger partial charge on any atom is 0.326 e. The van der Waals surface area contributed by atoms with Crippen LogP contribution in [0.3, 0.4) is 0 Å². The normalized spacial score (nSPS) is 12.6. The highest BCUT2D eigenvalue weighted by atomic mass is 16.3. The zero-order valence-corrected chi connectivity index (χ0v) is 13.1. The van der Waals surface area contributed by atoms with Gasteiger partial charge in [0.25, 0.3) is 0 Å². The number of aliphatic hydroxyl groups excluding tert-OH is 1. The molecule has 0 saturated heterocycles. The Morgan fingerprint density at radius 1 is 1.22 bits per heavy atom. The number of hydrogen-bond acceptors (Lipinski definition) is 3. The predicted molar refractivity (Wildman–Crippen MR) is 91.3 cm³/mol. The third-order valence-corrected chi connectivity index (χ3v) is 4.10. The first kappa shape index (κ1) is 15.5. The number of fused-ring (bicyclic) bond motifs is 1. The zero-order valence-electron chi connectivity index (χ0n) is 13.1. The minimum absolute atomic E-state index is 0.0469. The average Bonchev–Trinajstić information content (AvgIpc) is 2.90. The molecule has 0 fully saturated rings. The van der Waals surface area contributed by atoms with E-state index in [1.54, 1.807) is 4.57 Å². The summed E-state index contributed by atoms with van der Waals surface area (Å²) in [7, 11) is 0. The maximum atomic E-state index is 12.0. The SMILES string of the molecule is CC(NCCn1c(=O)[nH]c2ccccc21)c1cccc(CO)c1. The Hall–Kier alpha value is -2.37. The van der Waals surface area contributed by atoms with Gasteiger partial charge in [0.1, 0.15) is 0 Å². The first-order valence-electron chi connectivity index (χ1n) is 7.79. The topological polar surface area (TPSA) is 70.0 Å². The molecule has 3 aromatic rings. The van der Waals surface area contributed by atoms with Gasteiger partial charge in [0.05, 0.1) is 17.6 Å². The fourth-order valence-corrected chi connectivity index (χ4v) is 2.80. The molecule has 2 aromatic carbocycles. The second-order valence-electron chi connectivity index (χ2n) is 5.68. The van der Waals surface area contributed by atoms with Gasteiger partial charge in [-0.2, -0.15) is 0 Å². The maximum absolute atomic E-state index is 12.0. The summed E-state index contributed by atoms with van der Waals surface area (Å²) in [6, 6.07) is 15.7. The van der Waals surface area contributed by atoms with E-state index in [-0.39, 0.29) is 18.3 Å². The lowest BCUT2D eigenvalue weighted by molar-refractivity contribution is 0.281. The van der Waals surface area contributed by atoms with Crippen LogP contribution < -0.4 is 11.0 Å². The van der Waals surface area contributed by atoms with Crippen molar-refractivity contribution in [3.8, 4) is 0 Å². The second-order valence-corrected chi connectivity index (χ2v) is 5.68. The molecule has 5 nitrogen and oxygen atoms in total. The van der Waals surface area contributed by atoms with Crippen molar-refractivity contribution in [2.45, 2.75) is 26.1 Å². The lowest BCUT2D eigenvalue weighted by Gasteiger charge is -2.15. The first-order chi connectivity index (χ1) is 11.2. The number of nitrogens with one attached hydrogen (secondary N) is 2. The molecule has 0 aliphatic heterocycles. The third-order valence-electron chi connectivity index (χ3n) is 4.10. The van der Waals surface area contributed by atoms with Crippen LogP contribution in [0.2, 0.25) is 0 Å². The van der Waals surface area contributed by atoms with Crippen LogP contribution in [0.1, 0.15) is 24.1 Å². The van der Waals surface area contributed by atoms with Crippen LogP contribution in [0, 0.1) is 0 Å². The summed E-state index contributed by atoms with van der Waals surface area (Å²) >= 11 is 0. The second kappa shape index (κ2) is 6.81. The van der Waals surface area contributed by atoms with Crippen LogP contribution in [0.15, 0.2) is 53.3 Å². The largest absolute Gasteiger partial charge is 0.392 e. The molecule has 3 rings (SSSR count). The van der Waals surface area contributed by atoms with Crippen molar-refractivity contribution in [1.82, 2.24) is 14.9 Å². The van der Waals surface area contributed by atoms with Gasteiger partial charge in [0.15, 0.2) is 0 Å². The summed E-state index contributed by atoms with van der Waals surface area (Å²) < 4.78 is 1.75. The molecule has 0 radical (unpaired) electrons. The Morgan fingerprint density at radius 2 is 2.04 bits per heavy atom. The molecular formula is C18H21N3O2. The molecule has 0 aliphatic carbocycles. The Kier molecular flexibility index (Phi) is 4.60. The number of para-hydroxylation sites is 2. The number of hydrogen-bond donors (Lipinski definition) is 3. The minimum atomic E-state index is -0.0806. The summed E-state index contributed by atoms with van der Waals surface area (Å²) in [4.78, 5) is 14.9. The molecule has 1 aromatic heterocycles. The fourth-order valence-electron chi connectivity index (χ4n) is 2.80. The molecule has 3 N–H and O–H groups in total. The number of aromatic amines is 1. The minimum Gasteiger partial charge on any atom is -0.392 e. The van der Waals surface area contributed by atoms with Gasteiger partial charge in [-0.3, -0.25) is 4.57 Å². The van der Waals surface area contributed by atoms with Crippen LogP contribution in [0.4, 0.5) is 0 Å². The van der Waals surface area contributed by atoms with E-state index in [4.69, 9.17) is 0 Å². The number of imidazole rings is 1. The van der Waals surface area contributed by atoms with Gasteiger partial charge >= 0.3 is 5.69 Å². The van der Waals surface area contributed by atoms with E-state index in [2.05, 4.69) is 17.2 Å². The number of aromatic nitrogens is 2. The van der Waals surface area contributed by atoms with E-state index in [0.717, 1.165) is 22.2 Å². The predicted octanol–water partition coefficient (Wildman–Crippen LogP) is 2.17. The summed E-state index contributed by atoms with van der Waals surface area (Å²) in [6.45, 7) is 3.42. The van der Waals surface area contributed by atoms with Crippen molar-refractivity contribution in [2.75, 3.05) is 6.54 Å². The van der Waals surface area contributed by atoms with Crippen molar-refractivity contribution in [2.24, 2.45) is 0 Å². The third kappa shape index (κ3) is 3.36. The number of H-pyrrole nitrogens is 1. The standard InChI is InChI=1S/C18H21N3O2/c1-13(15-6-4-5-14(11-15)12-22)19-9-10-21-17-8-3-2-7-16(17)20-18(21)23/h2-8,11,13,19,22H,9-10,12H2,1H3,(H,20,23). The Labute approximate surface area is 134 Å². The van der Waals surface area contributed by atoms with E-state index in [1.807, 2.05) is 48.5 Å². The molecular weight excluding hydrogens is 290 g/mol. The Morgan fingerprint density at radius 3 is 2.87 bits per heavy atom. The lowest BCUT2D eigenvalue weighted by atomic mass is 10.1. The Bertz CT molecular complexity index is 851. The molecule has 0 amide bonds. The van der Waals surface area contributed by atoms with Crippen LogP contribution in [0.25, 0.3) is 11.0 Å². The van der Waals surface area contributed by atoms with Gasteiger partial charge in [-0.25, -0.2) is 4.79 Å². The van der Waals surface area contributed by atoms with Gasteiger partial charge in [0, 0.05) is 19.1 Å². The van der Waals surface area contributed by atoms with E-state index in [0.29, 0.717) is 13.1 Å². The van der Waals surface area contributed by atoms with Crippen LogP contribution in [-0.2, 0) is 13.2 Å². The molecule has 5 heteroatoms. The van der Waals surface area contributed by atoms with Gasteiger partial charge in [0.2, 0.25) is 0 Å². The smallest absolute Gasteiger partial charge is 0.326 e. The highest BCUT2D eigenvalue weighted by Crippen LogP contribution is 2.14. The number of benzene rings is 2. The van der Waals surface area contributed by atoms with E-state index >= 15 is 0 Å². The molecule has 1 heterocycles. The van der Waals surface area contributed by atoms with Crippen molar-refractivity contribution >= 4 is 11.0 Å². The summed E-state index contributed by atoms with van der Waals surface area (Å²) in [5.41, 5.74) is 3.74. The molecule has 0 saturated carbocycles. The quantitative estimate of drug-likeness (QED) is 0.653. The molecule has 120 valence electrons.